The van der Waals surface area contributed by atoms with Gasteiger partial charge in [-0.2, -0.15) is 4.31 Å². The molecule has 1 aliphatic rings. The first-order chi connectivity index (χ1) is 10.9. The minimum atomic E-state index is -3.58. The number of rotatable bonds is 6. The smallest absolute Gasteiger partial charge is 0.307 e. The van der Waals surface area contributed by atoms with Crippen LogP contribution in [0.25, 0.3) is 0 Å². The molecule has 1 saturated heterocycles. The highest BCUT2D eigenvalue weighted by atomic mass is 32.2. The fourth-order valence-corrected chi connectivity index (χ4v) is 4.36. The van der Waals surface area contributed by atoms with Gasteiger partial charge in [-0.05, 0) is 20.8 Å². The molecule has 0 spiro atoms. The number of aromatic nitrogens is 1. The number of aryl methyl sites for hydroxylation is 2. The van der Waals surface area contributed by atoms with Crippen LogP contribution in [0.1, 0.15) is 24.8 Å². The SMILES string of the molecule is CCOC(=O)CCN1CCN(S(=O)(=O)c2c(C)noc2C)CC1. The van der Waals surface area contributed by atoms with Crippen molar-refractivity contribution in [1.82, 2.24) is 14.4 Å². The normalized spacial score (nSPS) is 17.3. The highest BCUT2D eigenvalue weighted by molar-refractivity contribution is 7.89. The number of hydrogen-bond acceptors (Lipinski definition) is 7. The minimum absolute atomic E-state index is 0.164. The standard InChI is InChI=1S/C14H23N3O5S/c1-4-21-13(18)5-6-16-7-9-17(10-8-16)23(19,20)14-11(2)15-22-12(14)3/h4-10H2,1-3H3. The van der Waals surface area contributed by atoms with E-state index in [0.717, 1.165) is 0 Å². The van der Waals surface area contributed by atoms with E-state index in [1.54, 1.807) is 20.8 Å². The van der Waals surface area contributed by atoms with Crippen molar-refractivity contribution < 1.29 is 22.5 Å². The Morgan fingerprint density at radius 3 is 2.43 bits per heavy atom. The molecule has 130 valence electrons. The predicted molar refractivity (Wildman–Crippen MR) is 82.4 cm³/mol. The van der Waals surface area contributed by atoms with E-state index in [9.17, 15) is 13.2 Å². The third-order valence-corrected chi connectivity index (χ3v) is 5.98. The van der Waals surface area contributed by atoms with Gasteiger partial charge in [-0.1, -0.05) is 5.16 Å². The van der Waals surface area contributed by atoms with Gasteiger partial charge in [0.1, 0.15) is 10.6 Å². The second-order valence-corrected chi connectivity index (χ2v) is 7.33. The van der Waals surface area contributed by atoms with Crippen LogP contribution in [0.2, 0.25) is 0 Å². The van der Waals surface area contributed by atoms with Gasteiger partial charge in [0.2, 0.25) is 10.0 Å². The predicted octanol–water partition coefficient (Wildman–Crippen LogP) is 0.551. The van der Waals surface area contributed by atoms with E-state index in [1.807, 2.05) is 0 Å². The van der Waals surface area contributed by atoms with Crippen molar-refractivity contribution in [2.75, 3.05) is 39.3 Å². The van der Waals surface area contributed by atoms with Gasteiger partial charge >= 0.3 is 5.97 Å². The van der Waals surface area contributed by atoms with Crippen molar-refractivity contribution >= 4 is 16.0 Å². The van der Waals surface area contributed by atoms with Crippen molar-refractivity contribution in [3.63, 3.8) is 0 Å². The molecule has 23 heavy (non-hydrogen) atoms. The van der Waals surface area contributed by atoms with Crippen LogP contribution >= 0.6 is 0 Å². The number of sulfonamides is 1. The third kappa shape index (κ3) is 4.10. The molecular weight excluding hydrogens is 322 g/mol. The number of carbonyl (C=O) groups is 1. The second-order valence-electron chi connectivity index (χ2n) is 5.45. The summed E-state index contributed by atoms with van der Waals surface area (Å²) in [4.78, 5) is 13.6. The number of ether oxygens (including phenoxy) is 1. The van der Waals surface area contributed by atoms with E-state index >= 15 is 0 Å². The molecule has 2 heterocycles. The summed E-state index contributed by atoms with van der Waals surface area (Å²) >= 11 is 0. The van der Waals surface area contributed by atoms with Gasteiger partial charge in [0.05, 0.1) is 13.0 Å². The summed E-state index contributed by atoms with van der Waals surface area (Å²) in [7, 11) is -3.58. The van der Waals surface area contributed by atoms with E-state index in [-0.39, 0.29) is 10.9 Å². The Morgan fingerprint density at radius 1 is 1.26 bits per heavy atom. The lowest BCUT2D eigenvalue weighted by molar-refractivity contribution is -0.143. The van der Waals surface area contributed by atoms with Crippen LogP contribution in [0.15, 0.2) is 9.42 Å². The average molecular weight is 345 g/mol. The average Bonchev–Trinajstić information content (AvgIpc) is 2.85. The fourth-order valence-electron chi connectivity index (χ4n) is 2.65. The van der Waals surface area contributed by atoms with Crippen molar-refractivity contribution in [1.29, 1.82) is 0 Å². The molecule has 1 fully saturated rings. The lowest BCUT2D eigenvalue weighted by Crippen LogP contribution is -2.49. The molecule has 1 aliphatic heterocycles. The Bertz CT molecular complexity index is 628. The summed E-state index contributed by atoms with van der Waals surface area (Å²) < 4.78 is 36.7. The molecule has 0 aromatic carbocycles. The Kier molecular flexibility index (Phi) is 5.77. The van der Waals surface area contributed by atoms with Crippen molar-refractivity contribution in [3.05, 3.63) is 11.5 Å². The van der Waals surface area contributed by atoms with E-state index in [4.69, 9.17) is 9.26 Å². The van der Waals surface area contributed by atoms with Gasteiger partial charge in [0.25, 0.3) is 0 Å². The van der Waals surface area contributed by atoms with E-state index in [0.29, 0.717) is 57.2 Å². The van der Waals surface area contributed by atoms with Gasteiger partial charge in [-0.25, -0.2) is 8.42 Å². The molecular formula is C14H23N3O5S. The number of hydrogen-bond donors (Lipinski definition) is 0. The number of nitrogens with zero attached hydrogens (tertiary/aromatic N) is 3. The summed E-state index contributed by atoms with van der Waals surface area (Å²) in [6, 6.07) is 0. The van der Waals surface area contributed by atoms with Gasteiger partial charge in [0, 0.05) is 32.7 Å². The van der Waals surface area contributed by atoms with Crippen LogP contribution < -0.4 is 0 Å². The number of esters is 1. The zero-order valence-corrected chi connectivity index (χ0v) is 14.6. The van der Waals surface area contributed by atoms with Crippen LogP contribution in [0.5, 0.6) is 0 Å². The van der Waals surface area contributed by atoms with E-state index < -0.39 is 10.0 Å². The quantitative estimate of drug-likeness (QED) is 0.695. The summed E-state index contributed by atoms with van der Waals surface area (Å²) in [5.41, 5.74) is 0.382. The molecule has 0 N–H and O–H groups in total. The van der Waals surface area contributed by atoms with Crippen molar-refractivity contribution in [3.8, 4) is 0 Å². The lowest BCUT2D eigenvalue weighted by Gasteiger charge is -2.33. The maximum atomic E-state index is 12.7. The van der Waals surface area contributed by atoms with E-state index in [1.165, 1.54) is 4.31 Å². The molecule has 0 amide bonds. The topological polar surface area (TPSA) is 93.0 Å². The van der Waals surface area contributed by atoms with E-state index in [2.05, 4.69) is 10.1 Å². The Morgan fingerprint density at radius 2 is 1.91 bits per heavy atom. The third-order valence-electron chi connectivity index (χ3n) is 3.83. The largest absolute Gasteiger partial charge is 0.466 e. The molecule has 2 rings (SSSR count). The van der Waals surface area contributed by atoms with Crippen LogP contribution in [-0.2, 0) is 19.6 Å². The van der Waals surface area contributed by atoms with Gasteiger partial charge in [0.15, 0.2) is 5.76 Å². The molecule has 0 aliphatic carbocycles. The zero-order valence-electron chi connectivity index (χ0n) is 13.7. The first kappa shape index (κ1) is 17.9. The minimum Gasteiger partial charge on any atom is -0.466 e. The molecule has 0 atom stereocenters. The Hall–Kier alpha value is -1.45. The highest BCUT2D eigenvalue weighted by Gasteiger charge is 2.33. The molecule has 1 aromatic heterocycles. The molecule has 0 radical (unpaired) electrons. The molecule has 1 aromatic rings. The Labute approximate surface area is 136 Å². The monoisotopic (exact) mass is 345 g/mol. The molecule has 0 unspecified atom stereocenters. The molecule has 0 saturated carbocycles. The van der Waals surface area contributed by atoms with Gasteiger partial charge in [-0.3, -0.25) is 4.79 Å². The number of carbonyl (C=O) groups excluding carboxylic acids is 1. The maximum absolute atomic E-state index is 12.7. The zero-order chi connectivity index (χ0) is 17.0. The van der Waals surface area contributed by atoms with Crippen molar-refractivity contribution in [2.24, 2.45) is 0 Å². The summed E-state index contributed by atoms with van der Waals surface area (Å²) in [6.45, 7) is 7.90. The highest BCUT2D eigenvalue weighted by Crippen LogP contribution is 2.24. The number of piperazine rings is 1. The summed E-state index contributed by atoms with van der Waals surface area (Å²) in [5.74, 6) is 0.0884. The second kappa shape index (κ2) is 7.41. The van der Waals surface area contributed by atoms with Crippen LogP contribution in [0.4, 0.5) is 0 Å². The molecule has 8 nitrogen and oxygen atoms in total. The molecule has 0 bridgehead atoms. The Balaban J connectivity index is 1.93. The van der Waals surface area contributed by atoms with Crippen molar-refractivity contribution in [2.45, 2.75) is 32.1 Å². The summed E-state index contributed by atoms with van der Waals surface area (Å²) in [5, 5.41) is 3.72. The van der Waals surface area contributed by atoms with Gasteiger partial charge in [-0.15, -0.1) is 0 Å². The fraction of sp³-hybridized carbons (Fsp3) is 0.714. The first-order valence-electron chi connectivity index (χ1n) is 7.67. The van der Waals surface area contributed by atoms with Gasteiger partial charge < -0.3 is 14.2 Å². The lowest BCUT2D eigenvalue weighted by atomic mass is 10.3. The van der Waals surface area contributed by atoms with Crippen LogP contribution in [0, 0.1) is 13.8 Å². The van der Waals surface area contributed by atoms with Crippen LogP contribution in [-0.4, -0.2) is 68.1 Å². The first-order valence-corrected chi connectivity index (χ1v) is 9.11. The maximum Gasteiger partial charge on any atom is 0.307 e. The van der Waals surface area contributed by atoms with Crippen LogP contribution in [0.3, 0.4) is 0 Å². The molecule has 9 heteroatoms. The summed E-state index contributed by atoms with van der Waals surface area (Å²) in [6.07, 6.45) is 0.324.